The van der Waals surface area contributed by atoms with Gasteiger partial charge in [-0.2, -0.15) is 0 Å². The molecule has 1 aliphatic heterocycles. The molecular weight excluding hydrogens is 150 g/mol. The molecule has 1 fully saturated rings. The van der Waals surface area contributed by atoms with Gasteiger partial charge in [0.1, 0.15) is 0 Å². The maximum absolute atomic E-state index is 5.71. The second kappa shape index (κ2) is 3.75. The lowest BCUT2D eigenvalue weighted by Gasteiger charge is -2.42. The van der Waals surface area contributed by atoms with E-state index in [1.165, 1.54) is 13.0 Å². The summed E-state index contributed by atoms with van der Waals surface area (Å²) in [4.78, 5) is 2.52. The van der Waals surface area contributed by atoms with Crippen LogP contribution in [-0.2, 0) is 4.74 Å². The van der Waals surface area contributed by atoms with E-state index in [1.807, 2.05) is 0 Å². The molecule has 0 aromatic rings. The fourth-order valence-electron chi connectivity index (χ4n) is 1.73. The molecule has 12 heavy (non-hydrogen) atoms. The van der Waals surface area contributed by atoms with Gasteiger partial charge in [-0.25, -0.2) is 0 Å². The van der Waals surface area contributed by atoms with Gasteiger partial charge in [-0.3, -0.25) is 4.90 Å². The van der Waals surface area contributed by atoms with Crippen LogP contribution in [0.3, 0.4) is 0 Å². The Labute approximate surface area is 75.9 Å². The zero-order valence-corrected chi connectivity index (χ0v) is 8.76. The average Bonchev–Trinajstić information content (AvgIpc) is 1.97. The number of morpholine rings is 1. The third kappa shape index (κ3) is 2.46. The van der Waals surface area contributed by atoms with Gasteiger partial charge in [0.05, 0.1) is 12.2 Å². The molecule has 1 heterocycles. The lowest BCUT2D eigenvalue weighted by molar-refractivity contribution is -0.110. The molecule has 0 amide bonds. The predicted octanol–water partition coefficient (Wildman–Crippen LogP) is 1.90. The highest BCUT2D eigenvalue weighted by Gasteiger charge is 2.30. The first-order chi connectivity index (χ1) is 5.55. The molecule has 2 nitrogen and oxygen atoms in total. The van der Waals surface area contributed by atoms with Gasteiger partial charge < -0.3 is 4.74 Å². The summed E-state index contributed by atoms with van der Waals surface area (Å²) in [6.45, 7) is 12.0. The van der Waals surface area contributed by atoms with Crippen LogP contribution >= 0.6 is 0 Å². The van der Waals surface area contributed by atoms with Crippen molar-refractivity contribution in [2.75, 3.05) is 19.7 Å². The Morgan fingerprint density at radius 2 is 2.17 bits per heavy atom. The molecule has 0 N–H and O–H groups in total. The van der Waals surface area contributed by atoms with Crippen molar-refractivity contribution >= 4 is 0 Å². The number of nitrogens with zero attached hydrogens (tertiary/aromatic N) is 1. The zero-order chi connectivity index (χ0) is 9.19. The Balaban J connectivity index is 2.47. The third-order valence-electron chi connectivity index (χ3n) is 2.43. The first-order valence-electron chi connectivity index (χ1n) is 4.93. The fourth-order valence-corrected chi connectivity index (χ4v) is 1.73. The lowest BCUT2D eigenvalue weighted by Crippen LogP contribution is -2.52. The van der Waals surface area contributed by atoms with E-state index in [0.29, 0.717) is 6.04 Å². The molecule has 0 saturated carbocycles. The normalized spacial score (nSPS) is 30.5. The van der Waals surface area contributed by atoms with Gasteiger partial charge in [-0.1, -0.05) is 6.92 Å². The molecule has 0 bridgehead atoms. The molecule has 1 rings (SSSR count). The molecule has 1 saturated heterocycles. The van der Waals surface area contributed by atoms with Crippen molar-refractivity contribution in [1.29, 1.82) is 0 Å². The first-order valence-corrected chi connectivity index (χ1v) is 4.93. The van der Waals surface area contributed by atoms with Crippen molar-refractivity contribution in [3.8, 4) is 0 Å². The van der Waals surface area contributed by atoms with Gasteiger partial charge >= 0.3 is 0 Å². The Kier molecular flexibility index (Phi) is 3.13. The molecular formula is C10H21NO. The highest BCUT2D eigenvalue weighted by Crippen LogP contribution is 2.20. The molecule has 0 aromatic carbocycles. The zero-order valence-electron chi connectivity index (χ0n) is 8.76. The van der Waals surface area contributed by atoms with Gasteiger partial charge in [0.25, 0.3) is 0 Å². The van der Waals surface area contributed by atoms with Crippen LogP contribution in [0.15, 0.2) is 0 Å². The van der Waals surface area contributed by atoms with Crippen molar-refractivity contribution in [1.82, 2.24) is 4.90 Å². The standard InChI is InChI=1S/C10H21NO/c1-5-6-11-8-10(3,4)12-7-9(11)2/h9H,5-8H2,1-4H3/t9-/m0/s1. The molecule has 1 atom stereocenters. The third-order valence-corrected chi connectivity index (χ3v) is 2.43. The maximum atomic E-state index is 5.71. The molecule has 0 radical (unpaired) electrons. The van der Waals surface area contributed by atoms with E-state index < -0.39 is 0 Å². The summed E-state index contributed by atoms with van der Waals surface area (Å²) >= 11 is 0. The monoisotopic (exact) mass is 171 g/mol. The summed E-state index contributed by atoms with van der Waals surface area (Å²) in [6, 6.07) is 0.595. The molecule has 0 spiro atoms. The van der Waals surface area contributed by atoms with Crippen LogP contribution in [0.25, 0.3) is 0 Å². The summed E-state index contributed by atoms with van der Waals surface area (Å²) in [6.07, 6.45) is 1.24. The van der Waals surface area contributed by atoms with Crippen LogP contribution in [0.5, 0.6) is 0 Å². The van der Waals surface area contributed by atoms with Gasteiger partial charge in [0, 0.05) is 12.6 Å². The van der Waals surface area contributed by atoms with Crippen LogP contribution in [-0.4, -0.2) is 36.2 Å². The highest BCUT2D eigenvalue weighted by molar-refractivity contribution is 4.82. The van der Waals surface area contributed by atoms with Crippen LogP contribution in [0, 0.1) is 0 Å². The van der Waals surface area contributed by atoms with Crippen molar-refractivity contribution in [3.63, 3.8) is 0 Å². The number of hydrogen-bond acceptors (Lipinski definition) is 2. The van der Waals surface area contributed by atoms with Crippen LogP contribution in [0.1, 0.15) is 34.1 Å². The van der Waals surface area contributed by atoms with Crippen molar-refractivity contribution in [2.24, 2.45) is 0 Å². The smallest absolute Gasteiger partial charge is 0.0753 e. The Bertz CT molecular complexity index is 145. The molecule has 0 aromatic heterocycles. The van der Waals surface area contributed by atoms with Crippen LogP contribution < -0.4 is 0 Å². The Hall–Kier alpha value is -0.0800. The second-order valence-corrected chi connectivity index (χ2v) is 4.39. The minimum Gasteiger partial charge on any atom is -0.373 e. The summed E-state index contributed by atoms with van der Waals surface area (Å²) < 4.78 is 5.71. The van der Waals surface area contributed by atoms with E-state index in [-0.39, 0.29) is 5.60 Å². The van der Waals surface area contributed by atoms with Gasteiger partial charge in [-0.15, -0.1) is 0 Å². The van der Waals surface area contributed by atoms with Crippen molar-refractivity contribution in [3.05, 3.63) is 0 Å². The topological polar surface area (TPSA) is 12.5 Å². The largest absolute Gasteiger partial charge is 0.373 e. The first kappa shape index (κ1) is 10.0. The summed E-state index contributed by atoms with van der Waals surface area (Å²) in [5.74, 6) is 0. The SMILES string of the molecule is CCCN1CC(C)(C)OC[C@@H]1C. The Morgan fingerprint density at radius 1 is 1.50 bits per heavy atom. The maximum Gasteiger partial charge on any atom is 0.0753 e. The molecule has 72 valence electrons. The molecule has 0 unspecified atom stereocenters. The minimum absolute atomic E-state index is 0.0572. The summed E-state index contributed by atoms with van der Waals surface area (Å²) in [5, 5.41) is 0. The summed E-state index contributed by atoms with van der Waals surface area (Å²) in [7, 11) is 0. The molecule has 2 heteroatoms. The quantitative estimate of drug-likeness (QED) is 0.629. The van der Waals surface area contributed by atoms with Crippen LogP contribution in [0.2, 0.25) is 0 Å². The van der Waals surface area contributed by atoms with E-state index in [2.05, 4.69) is 32.6 Å². The van der Waals surface area contributed by atoms with Gasteiger partial charge in [0.15, 0.2) is 0 Å². The van der Waals surface area contributed by atoms with Gasteiger partial charge in [-0.05, 0) is 33.7 Å². The lowest BCUT2D eigenvalue weighted by atomic mass is 10.0. The van der Waals surface area contributed by atoms with Crippen molar-refractivity contribution in [2.45, 2.75) is 45.8 Å². The minimum atomic E-state index is 0.0572. The van der Waals surface area contributed by atoms with E-state index in [9.17, 15) is 0 Å². The van der Waals surface area contributed by atoms with E-state index >= 15 is 0 Å². The highest BCUT2D eigenvalue weighted by atomic mass is 16.5. The van der Waals surface area contributed by atoms with Gasteiger partial charge in [0.2, 0.25) is 0 Å². The molecule has 1 aliphatic rings. The molecule has 0 aliphatic carbocycles. The number of ether oxygens (including phenoxy) is 1. The number of rotatable bonds is 2. The average molecular weight is 171 g/mol. The van der Waals surface area contributed by atoms with Crippen molar-refractivity contribution < 1.29 is 4.74 Å². The number of hydrogen-bond donors (Lipinski definition) is 0. The van der Waals surface area contributed by atoms with E-state index in [1.54, 1.807) is 0 Å². The Morgan fingerprint density at radius 3 is 2.75 bits per heavy atom. The second-order valence-electron chi connectivity index (χ2n) is 4.39. The van der Waals surface area contributed by atoms with E-state index in [4.69, 9.17) is 4.74 Å². The van der Waals surface area contributed by atoms with E-state index in [0.717, 1.165) is 13.2 Å². The fraction of sp³-hybridized carbons (Fsp3) is 1.00. The predicted molar refractivity (Wildman–Crippen MR) is 51.4 cm³/mol. The van der Waals surface area contributed by atoms with Crippen LogP contribution in [0.4, 0.5) is 0 Å². The summed E-state index contributed by atoms with van der Waals surface area (Å²) in [5.41, 5.74) is 0.0572.